The van der Waals surface area contributed by atoms with Crippen molar-refractivity contribution in [2.75, 3.05) is 0 Å². The van der Waals surface area contributed by atoms with Crippen LogP contribution in [0.2, 0.25) is 0 Å². The van der Waals surface area contributed by atoms with Gasteiger partial charge in [-0.1, -0.05) is 13.8 Å². The van der Waals surface area contributed by atoms with Crippen molar-refractivity contribution in [1.29, 1.82) is 5.26 Å². The van der Waals surface area contributed by atoms with Gasteiger partial charge in [-0.2, -0.15) is 5.26 Å². The zero-order chi connectivity index (χ0) is 14.2. The van der Waals surface area contributed by atoms with Gasteiger partial charge >= 0.3 is 5.69 Å². The fraction of sp³-hybridized carbons (Fsp3) is 0.583. The average molecular weight is 265 g/mol. The Morgan fingerprint density at radius 2 is 2.32 bits per heavy atom. The van der Waals surface area contributed by atoms with Crippen LogP contribution in [0.15, 0.2) is 21.9 Å². The summed E-state index contributed by atoms with van der Waals surface area (Å²) in [4.78, 5) is 24.9. The topological polar surface area (TPSA) is 108 Å². The minimum Gasteiger partial charge on any atom is -0.386 e. The summed E-state index contributed by atoms with van der Waals surface area (Å²) in [6, 6.07) is 2.98. The number of hydrogen-bond acceptors (Lipinski definition) is 5. The quantitative estimate of drug-likeness (QED) is 0.750. The summed E-state index contributed by atoms with van der Waals surface area (Å²) in [5, 5.41) is 19.6. The minimum absolute atomic E-state index is 0.288. The number of nitrogens with one attached hydrogen (secondary N) is 1. The van der Waals surface area contributed by atoms with Crippen molar-refractivity contribution < 1.29 is 9.84 Å². The normalized spacial score (nSPS) is 34.1. The van der Waals surface area contributed by atoms with Gasteiger partial charge in [-0.3, -0.25) is 14.3 Å². The fourth-order valence-corrected chi connectivity index (χ4v) is 2.45. The van der Waals surface area contributed by atoms with Gasteiger partial charge in [0.25, 0.3) is 11.3 Å². The van der Waals surface area contributed by atoms with Gasteiger partial charge in [-0.25, -0.2) is 4.79 Å². The molecule has 0 spiro atoms. The molecule has 1 saturated heterocycles. The molecule has 0 saturated carbocycles. The second kappa shape index (κ2) is 4.64. The maximum atomic E-state index is 11.8. The smallest absolute Gasteiger partial charge is 0.331 e. The van der Waals surface area contributed by atoms with Crippen molar-refractivity contribution >= 4 is 0 Å². The van der Waals surface area contributed by atoms with E-state index in [1.807, 2.05) is 13.0 Å². The molecule has 102 valence electrons. The van der Waals surface area contributed by atoms with Gasteiger partial charge in [-0.05, 0) is 6.42 Å². The molecule has 2 N–H and O–H groups in total. The molecule has 1 aromatic rings. The molecule has 4 atom stereocenters. The summed E-state index contributed by atoms with van der Waals surface area (Å²) in [5.74, 6) is -0.288. The van der Waals surface area contributed by atoms with Crippen LogP contribution in [0.4, 0.5) is 0 Å². The highest BCUT2D eigenvalue weighted by Crippen LogP contribution is 2.39. The maximum absolute atomic E-state index is 11.8. The first-order chi connectivity index (χ1) is 8.96. The Balaban J connectivity index is 2.59. The first-order valence-corrected chi connectivity index (χ1v) is 6.06. The highest BCUT2D eigenvalue weighted by molar-refractivity contribution is 5.11. The molecule has 0 unspecified atom stereocenters. The summed E-state index contributed by atoms with van der Waals surface area (Å²) in [7, 11) is 0. The van der Waals surface area contributed by atoms with Gasteiger partial charge in [0.15, 0.2) is 0 Å². The van der Waals surface area contributed by atoms with Crippen LogP contribution in [-0.2, 0) is 10.5 Å². The van der Waals surface area contributed by atoms with E-state index in [1.54, 1.807) is 6.92 Å². The molecule has 2 heterocycles. The first-order valence-electron chi connectivity index (χ1n) is 6.06. The summed E-state index contributed by atoms with van der Waals surface area (Å²) in [6.07, 6.45) is 0.303. The Bertz CT molecular complexity index is 629. The second-order valence-electron chi connectivity index (χ2n) is 4.66. The van der Waals surface area contributed by atoms with Crippen LogP contribution in [0.1, 0.15) is 20.3 Å². The number of nitriles is 1. The van der Waals surface area contributed by atoms with Crippen LogP contribution < -0.4 is 11.2 Å². The molecule has 19 heavy (non-hydrogen) atoms. The third kappa shape index (κ3) is 1.89. The van der Waals surface area contributed by atoms with E-state index in [0.29, 0.717) is 6.42 Å². The zero-order valence-electron chi connectivity index (χ0n) is 10.7. The number of ether oxygens (including phenoxy) is 1. The molecular formula is C12H15N3O4. The van der Waals surface area contributed by atoms with E-state index in [-0.39, 0.29) is 12.0 Å². The molecule has 1 aliphatic rings. The molecular weight excluding hydrogens is 250 g/mol. The van der Waals surface area contributed by atoms with E-state index in [4.69, 9.17) is 4.74 Å². The van der Waals surface area contributed by atoms with Crippen molar-refractivity contribution in [2.24, 2.45) is 5.92 Å². The Hall–Kier alpha value is -1.91. The lowest BCUT2D eigenvalue weighted by molar-refractivity contribution is -0.101. The Morgan fingerprint density at radius 1 is 1.63 bits per heavy atom. The number of aliphatic hydroxyl groups excluding tert-OH is 1. The average Bonchev–Trinajstić information content (AvgIpc) is 2.64. The Kier molecular flexibility index (Phi) is 3.30. The van der Waals surface area contributed by atoms with E-state index >= 15 is 0 Å². The fourth-order valence-electron chi connectivity index (χ4n) is 2.45. The van der Waals surface area contributed by atoms with Gasteiger partial charge in [0.1, 0.15) is 12.2 Å². The Morgan fingerprint density at radius 3 is 2.79 bits per heavy atom. The van der Waals surface area contributed by atoms with Crippen LogP contribution in [-0.4, -0.2) is 26.9 Å². The molecule has 0 amide bonds. The third-order valence-electron chi connectivity index (χ3n) is 3.56. The number of aliphatic hydroxyl groups is 1. The third-order valence-corrected chi connectivity index (χ3v) is 3.56. The number of H-pyrrole nitrogens is 1. The summed E-state index contributed by atoms with van der Waals surface area (Å²) >= 11 is 0. The number of hydrogen-bond donors (Lipinski definition) is 2. The lowest BCUT2D eigenvalue weighted by Gasteiger charge is -2.26. The van der Waals surface area contributed by atoms with E-state index in [0.717, 1.165) is 10.6 Å². The van der Waals surface area contributed by atoms with Crippen LogP contribution in [0, 0.1) is 17.2 Å². The van der Waals surface area contributed by atoms with Crippen molar-refractivity contribution in [2.45, 2.75) is 38.2 Å². The number of nitrogens with zero attached hydrogens (tertiary/aromatic N) is 2. The highest BCUT2D eigenvalue weighted by Gasteiger charge is 2.54. The number of rotatable bonds is 2. The van der Waals surface area contributed by atoms with Gasteiger partial charge in [0.05, 0.1) is 6.10 Å². The van der Waals surface area contributed by atoms with Gasteiger partial charge in [-0.15, -0.1) is 0 Å². The molecule has 7 heteroatoms. The molecule has 1 fully saturated rings. The minimum atomic E-state index is -1.79. The van der Waals surface area contributed by atoms with E-state index in [2.05, 4.69) is 4.98 Å². The van der Waals surface area contributed by atoms with Crippen molar-refractivity contribution in [3.63, 3.8) is 0 Å². The zero-order valence-corrected chi connectivity index (χ0v) is 10.7. The molecule has 2 rings (SSSR count). The van der Waals surface area contributed by atoms with E-state index < -0.39 is 23.1 Å². The lowest BCUT2D eigenvalue weighted by atomic mass is 9.94. The van der Waals surface area contributed by atoms with Gasteiger partial charge < -0.3 is 9.84 Å². The Labute approximate surface area is 109 Å². The standard InChI is InChI=1S/C12H15N3O4/c1-3-8-7(2)10(17)12(6-13,19-8)15-5-4-9(16)14-11(15)18/h4-5,7-8,10,17H,3H2,1-2H3,(H,14,16,18)/t7-,8-,10+,12-/m1/s1. The largest absolute Gasteiger partial charge is 0.386 e. The van der Waals surface area contributed by atoms with E-state index in [9.17, 15) is 20.0 Å². The number of aromatic amines is 1. The molecule has 0 aliphatic carbocycles. The predicted molar refractivity (Wildman–Crippen MR) is 65.2 cm³/mol. The monoisotopic (exact) mass is 265 g/mol. The molecule has 1 aliphatic heterocycles. The van der Waals surface area contributed by atoms with Gasteiger partial charge in [0.2, 0.25) is 0 Å². The number of aromatic nitrogens is 2. The van der Waals surface area contributed by atoms with Crippen LogP contribution >= 0.6 is 0 Å². The lowest BCUT2D eigenvalue weighted by Crippen LogP contribution is -2.49. The van der Waals surface area contributed by atoms with Crippen molar-refractivity contribution in [1.82, 2.24) is 9.55 Å². The maximum Gasteiger partial charge on any atom is 0.331 e. The van der Waals surface area contributed by atoms with Crippen LogP contribution in [0.3, 0.4) is 0 Å². The van der Waals surface area contributed by atoms with Crippen molar-refractivity contribution in [3.8, 4) is 6.07 Å². The summed E-state index contributed by atoms with van der Waals surface area (Å²) < 4.78 is 6.54. The molecule has 7 nitrogen and oxygen atoms in total. The molecule has 0 bridgehead atoms. The van der Waals surface area contributed by atoms with Crippen molar-refractivity contribution in [3.05, 3.63) is 33.1 Å². The molecule has 1 aromatic heterocycles. The summed E-state index contributed by atoms with van der Waals surface area (Å²) in [5.41, 5.74) is -3.14. The van der Waals surface area contributed by atoms with Gasteiger partial charge in [0, 0.05) is 18.2 Å². The predicted octanol–water partition coefficient (Wildman–Crippen LogP) is -0.481. The van der Waals surface area contributed by atoms with Crippen LogP contribution in [0.5, 0.6) is 0 Å². The summed E-state index contributed by atoms with van der Waals surface area (Å²) in [6.45, 7) is 3.63. The second-order valence-corrected chi connectivity index (χ2v) is 4.66. The molecule has 0 aromatic carbocycles. The van der Waals surface area contributed by atoms with E-state index in [1.165, 1.54) is 6.20 Å². The van der Waals surface area contributed by atoms with Crippen LogP contribution in [0.25, 0.3) is 0 Å². The SMILES string of the molecule is CC[C@H]1O[C@@](C#N)(n2ccc(=O)[nH]c2=O)[C@@H](O)[C@@H]1C. The molecule has 0 radical (unpaired) electrons. The highest BCUT2D eigenvalue weighted by atomic mass is 16.6. The first kappa shape index (κ1) is 13.5.